The van der Waals surface area contributed by atoms with Crippen molar-refractivity contribution < 1.29 is 10.0 Å². The number of amidine groups is 1. The molecule has 1 heterocycles. The molecule has 0 radical (unpaired) electrons. The predicted octanol–water partition coefficient (Wildman–Crippen LogP) is 1.80. The number of rotatable bonds is 2. The molecule has 1 unspecified atom stereocenters. The summed E-state index contributed by atoms with van der Waals surface area (Å²) in [6, 6.07) is 6.86. The molecule has 1 aliphatic heterocycles. The number of benzene rings is 1. The number of amides is 1. The highest BCUT2D eigenvalue weighted by Gasteiger charge is 2.32. The van der Waals surface area contributed by atoms with E-state index >= 15 is 0 Å². The third-order valence-corrected chi connectivity index (χ3v) is 3.59. The van der Waals surface area contributed by atoms with Crippen molar-refractivity contribution in [1.82, 2.24) is 4.90 Å². The van der Waals surface area contributed by atoms with Gasteiger partial charge in [0.2, 0.25) is 0 Å². The van der Waals surface area contributed by atoms with Gasteiger partial charge in [-0.3, -0.25) is 4.79 Å². The fourth-order valence-corrected chi connectivity index (χ4v) is 2.41. The van der Waals surface area contributed by atoms with E-state index in [4.69, 9.17) is 10.9 Å². The molecule has 2 rings (SSSR count). The zero-order chi connectivity index (χ0) is 13.1. The third kappa shape index (κ3) is 2.48. The zero-order valence-corrected chi connectivity index (χ0v) is 11.3. The van der Waals surface area contributed by atoms with Gasteiger partial charge in [0.15, 0.2) is 5.84 Å². The molecule has 1 aliphatic rings. The van der Waals surface area contributed by atoms with E-state index in [2.05, 4.69) is 21.1 Å². The van der Waals surface area contributed by atoms with Crippen LogP contribution in [0.15, 0.2) is 33.9 Å². The molecule has 96 valence electrons. The molecule has 1 saturated heterocycles. The maximum Gasteiger partial charge on any atom is 0.254 e. The number of nitrogens with two attached hydrogens (primary N) is 1. The van der Waals surface area contributed by atoms with Crippen LogP contribution in [0.2, 0.25) is 0 Å². The van der Waals surface area contributed by atoms with Gasteiger partial charge in [0, 0.05) is 16.6 Å². The summed E-state index contributed by atoms with van der Waals surface area (Å²) < 4.78 is 0.924. The molecule has 0 spiro atoms. The van der Waals surface area contributed by atoms with E-state index in [1.54, 1.807) is 17.0 Å². The summed E-state index contributed by atoms with van der Waals surface area (Å²) >= 11 is 3.33. The Kier molecular flexibility index (Phi) is 3.86. The van der Waals surface area contributed by atoms with Gasteiger partial charge >= 0.3 is 0 Å². The Hall–Kier alpha value is -1.56. The molecule has 6 heteroatoms. The Labute approximate surface area is 113 Å². The van der Waals surface area contributed by atoms with Crippen LogP contribution in [0.4, 0.5) is 0 Å². The van der Waals surface area contributed by atoms with Crippen molar-refractivity contribution in [2.24, 2.45) is 10.9 Å². The summed E-state index contributed by atoms with van der Waals surface area (Å²) in [4.78, 5) is 14.0. The van der Waals surface area contributed by atoms with Gasteiger partial charge in [-0.05, 0) is 37.1 Å². The molecule has 0 bridgehead atoms. The molecule has 0 aromatic heterocycles. The number of nitrogens with zero attached hydrogens (tertiary/aromatic N) is 2. The number of likely N-dealkylation sites (tertiary alicyclic amines) is 1. The minimum absolute atomic E-state index is 0.0865. The van der Waals surface area contributed by atoms with Crippen molar-refractivity contribution in [3.05, 3.63) is 34.3 Å². The summed E-state index contributed by atoms with van der Waals surface area (Å²) in [5.41, 5.74) is 6.21. The fraction of sp³-hybridized carbons (Fsp3) is 0.333. The monoisotopic (exact) mass is 311 g/mol. The lowest BCUT2D eigenvalue weighted by molar-refractivity contribution is 0.0768. The molecular formula is C12H14BrN3O2. The number of hydrogen-bond donors (Lipinski definition) is 2. The van der Waals surface area contributed by atoms with Crippen LogP contribution in [-0.2, 0) is 0 Å². The van der Waals surface area contributed by atoms with Crippen LogP contribution in [0.3, 0.4) is 0 Å². The van der Waals surface area contributed by atoms with E-state index in [-0.39, 0.29) is 17.8 Å². The van der Waals surface area contributed by atoms with Crippen molar-refractivity contribution in [3.8, 4) is 0 Å². The summed E-state index contributed by atoms with van der Waals surface area (Å²) in [6.07, 6.45) is 1.60. The molecule has 1 fully saturated rings. The van der Waals surface area contributed by atoms with Gasteiger partial charge in [0.1, 0.15) is 0 Å². The van der Waals surface area contributed by atoms with E-state index in [9.17, 15) is 4.79 Å². The molecule has 1 aromatic carbocycles. The number of hydrogen-bond acceptors (Lipinski definition) is 3. The molecule has 0 aliphatic carbocycles. The highest BCUT2D eigenvalue weighted by atomic mass is 79.9. The average Bonchev–Trinajstić information content (AvgIpc) is 2.87. The smallest absolute Gasteiger partial charge is 0.254 e. The van der Waals surface area contributed by atoms with Crippen molar-refractivity contribution in [2.45, 2.75) is 18.9 Å². The molecule has 0 saturated carbocycles. The first-order chi connectivity index (χ1) is 8.63. The van der Waals surface area contributed by atoms with Gasteiger partial charge in [-0.15, -0.1) is 0 Å². The Balaban J connectivity index is 2.20. The maximum absolute atomic E-state index is 12.3. The van der Waals surface area contributed by atoms with Gasteiger partial charge in [0.25, 0.3) is 5.91 Å². The molecule has 1 amide bonds. The number of carbonyl (C=O) groups is 1. The normalized spacial score (nSPS) is 20.2. The van der Waals surface area contributed by atoms with Crippen molar-refractivity contribution in [2.75, 3.05) is 6.54 Å². The number of carbonyl (C=O) groups excluding carboxylic acids is 1. The maximum atomic E-state index is 12.3. The fourth-order valence-electron chi connectivity index (χ4n) is 2.14. The molecule has 1 atom stereocenters. The topological polar surface area (TPSA) is 78.9 Å². The van der Waals surface area contributed by atoms with Crippen LogP contribution in [-0.4, -0.2) is 34.4 Å². The van der Waals surface area contributed by atoms with E-state index in [1.807, 2.05) is 12.1 Å². The predicted molar refractivity (Wildman–Crippen MR) is 71.6 cm³/mol. The van der Waals surface area contributed by atoms with Gasteiger partial charge in [-0.1, -0.05) is 21.1 Å². The molecule has 1 aromatic rings. The second kappa shape index (κ2) is 5.39. The minimum atomic E-state index is -0.300. The van der Waals surface area contributed by atoms with Crippen molar-refractivity contribution >= 4 is 27.7 Å². The Morgan fingerprint density at radius 1 is 1.44 bits per heavy atom. The van der Waals surface area contributed by atoms with E-state index in [0.717, 1.165) is 17.3 Å². The average molecular weight is 312 g/mol. The molecule has 3 N–H and O–H groups in total. The van der Waals surface area contributed by atoms with Gasteiger partial charge in [0.05, 0.1) is 6.04 Å². The Bertz CT molecular complexity index is 473. The molecule has 5 nitrogen and oxygen atoms in total. The van der Waals surface area contributed by atoms with Crippen LogP contribution in [0, 0.1) is 0 Å². The first-order valence-corrected chi connectivity index (χ1v) is 6.46. The Morgan fingerprint density at radius 2 is 2.11 bits per heavy atom. The van der Waals surface area contributed by atoms with Gasteiger partial charge in [-0.2, -0.15) is 0 Å². The standard InChI is InChI=1S/C12H14BrN3O2/c13-9-5-3-8(4-6-9)12(17)16-7-1-2-10(16)11(14)15-18/h3-6,10,18H,1-2,7H2,(H2,14,15). The summed E-state index contributed by atoms with van der Waals surface area (Å²) in [6.45, 7) is 0.635. The quantitative estimate of drug-likeness (QED) is 0.378. The molecular weight excluding hydrogens is 298 g/mol. The first-order valence-electron chi connectivity index (χ1n) is 5.67. The second-order valence-corrected chi connectivity index (χ2v) is 5.10. The number of halogens is 1. The second-order valence-electron chi connectivity index (χ2n) is 4.19. The highest BCUT2D eigenvalue weighted by Crippen LogP contribution is 2.21. The lowest BCUT2D eigenvalue weighted by atomic mass is 10.1. The van der Waals surface area contributed by atoms with E-state index < -0.39 is 0 Å². The Morgan fingerprint density at radius 3 is 2.72 bits per heavy atom. The van der Waals surface area contributed by atoms with Crippen LogP contribution < -0.4 is 5.73 Å². The van der Waals surface area contributed by atoms with Crippen molar-refractivity contribution in [1.29, 1.82) is 0 Å². The van der Waals surface area contributed by atoms with Crippen LogP contribution in [0.1, 0.15) is 23.2 Å². The SMILES string of the molecule is NC(=NO)C1CCCN1C(=O)c1ccc(Br)cc1. The van der Waals surface area contributed by atoms with Crippen LogP contribution in [0.5, 0.6) is 0 Å². The zero-order valence-electron chi connectivity index (χ0n) is 9.71. The number of oxime groups is 1. The van der Waals surface area contributed by atoms with Crippen LogP contribution >= 0.6 is 15.9 Å². The summed E-state index contributed by atoms with van der Waals surface area (Å²) in [5, 5.41) is 11.7. The first kappa shape index (κ1) is 12.9. The molecule has 18 heavy (non-hydrogen) atoms. The van der Waals surface area contributed by atoms with E-state index in [0.29, 0.717) is 12.1 Å². The lowest BCUT2D eigenvalue weighted by Gasteiger charge is -2.23. The largest absolute Gasteiger partial charge is 0.409 e. The minimum Gasteiger partial charge on any atom is -0.409 e. The van der Waals surface area contributed by atoms with E-state index in [1.165, 1.54) is 0 Å². The van der Waals surface area contributed by atoms with Gasteiger partial charge in [-0.25, -0.2) is 0 Å². The lowest BCUT2D eigenvalue weighted by Crippen LogP contribution is -2.43. The highest BCUT2D eigenvalue weighted by molar-refractivity contribution is 9.10. The summed E-state index contributed by atoms with van der Waals surface area (Å²) in [5.74, 6) is 0.00885. The van der Waals surface area contributed by atoms with Crippen molar-refractivity contribution in [3.63, 3.8) is 0 Å². The van der Waals surface area contributed by atoms with Gasteiger partial charge < -0.3 is 15.8 Å². The third-order valence-electron chi connectivity index (χ3n) is 3.06. The summed E-state index contributed by atoms with van der Waals surface area (Å²) in [7, 11) is 0. The van der Waals surface area contributed by atoms with Crippen LogP contribution in [0.25, 0.3) is 0 Å².